The fourth-order valence-corrected chi connectivity index (χ4v) is 3.96. The van der Waals surface area contributed by atoms with Crippen LogP contribution in [0.3, 0.4) is 0 Å². The molecule has 0 radical (unpaired) electrons. The third-order valence-corrected chi connectivity index (χ3v) is 4.68. The van der Waals surface area contributed by atoms with E-state index in [4.69, 9.17) is 14.2 Å². The molecular formula is C14H17NO5. The minimum absolute atomic E-state index is 0.0420. The number of ether oxygens (including phenoxy) is 3. The van der Waals surface area contributed by atoms with Gasteiger partial charge in [0, 0.05) is 6.54 Å². The summed E-state index contributed by atoms with van der Waals surface area (Å²) < 4.78 is 16.9. The Morgan fingerprint density at radius 3 is 3.25 bits per heavy atom. The fourth-order valence-electron chi connectivity index (χ4n) is 3.96. The Kier molecular flexibility index (Phi) is 2.50. The minimum Gasteiger partial charge on any atom is -0.466 e. The smallest absolute Gasteiger partial charge is 0.312 e. The molecule has 0 saturated carbocycles. The van der Waals surface area contributed by atoms with Crippen molar-refractivity contribution in [2.75, 3.05) is 19.8 Å². The van der Waals surface area contributed by atoms with Crippen LogP contribution in [-0.2, 0) is 23.8 Å². The van der Waals surface area contributed by atoms with Crippen molar-refractivity contribution in [2.24, 2.45) is 11.8 Å². The van der Waals surface area contributed by atoms with Gasteiger partial charge in [-0.2, -0.15) is 0 Å². The van der Waals surface area contributed by atoms with E-state index in [0.717, 1.165) is 6.42 Å². The third-order valence-electron chi connectivity index (χ3n) is 4.68. The summed E-state index contributed by atoms with van der Waals surface area (Å²) in [6.07, 6.45) is 3.84. The summed E-state index contributed by atoms with van der Waals surface area (Å²) in [6, 6.07) is 0. The van der Waals surface area contributed by atoms with Gasteiger partial charge in [0.05, 0.1) is 25.2 Å². The van der Waals surface area contributed by atoms with E-state index >= 15 is 0 Å². The molecule has 0 aromatic heterocycles. The minimum atomic E-state index is -0.792. The quantitative estimate of drug-likeness (QED) is 0.529. The molecule has 5 atom stereocenters. The maximum absolute atomic E-state index is 12.6. The van der Waals surface area contributed by atoms with E-state index in [1.165, 1.54) is 0 Å². The third kappa shape index (κ3) is 1.31. The molecule has 4 heterocycles. The highest BCUT2D eigenvalue weighted by molar-refractivity contribution is 5.91. The molecule has 4 aliphatic rings. The molecule has 0 aromatic carbocycles. The molecule has 3 fully saturated rings. The van der Waals surface area contributed by atoms with Crippen molar-refractivity contribution in [3.63, 3.8) is 0 Å². The van der Waals surface area contributed by atoms with Crippen molar-refractivity contribution < 1.29 is 23.8 Å². The molecule has 1 amide bonds. The summed E-state index contributed by atoms with van der Waals surface area (Å²) in [4.78, 5) is 26.5. The van der Waals surface area contributed by atoms with Crippen molar-refractivity contribution in [1.29, 1.82) is 0 Å². The van der Waals surface area contributed by atoms with Crippen LogP contribution >= 0.6 is 0 Å². The first kappa shape index (κ1) is 12.3. The van der Waals surface area contributed by atoms with Crippen molar-refractivity contribution in [2.45, 2.75) is 31.3 Å². The van der Waals surface area contributed by atoms with Crippen molar-refractivity contribution in [1.82, 2.24) is 4.90 Å². The average molecular weight is 279 g/mol. The summed E-state index contributed by atoms with van der Waals surface area (Å²) in [5, 5.41) is 0. The van der Waals surface area contributed by atoms with E-state index in [9.17, 15) is 9.59 Å². The molecule has 0 aliphatic carbocycles. The van der Waals surface area contributed by atoms with Crippen LogP contribution in [0.1, 0.15) is 13.3 Å². The summed E-state index contributed by atoms with van der Waals surface area (Å²) in [6.45, 7) is 3.36. The molecule has 1 spiro atoms. The number of rotatable bonds is 2. The normalized spacial score (nSPS) is 44.6. The largest absolute Gasteiger partial charge is 0.466 e. The molecule has 6 heteroatoms. The Morgan fingerprint density at radius 2 is 2.45 bits per heavy atom. The molecule has 3 saturated heterocycles. The zero-order chi connectivity index (χ0) is 13.9. The molecule has 4 rings (SSSR count). The lowest BCUT2D eigenvalue weighted by atomic mass is 9.76. The van der Waals surface area contributed by atoms with Crippen LogP contribution in [0.25, 0.3) is 0 Å². The molecule has 4 aliphatic heterocycles. The second kappa shape index (κ2) is 4.05. The number of amides is 1. The van der Waals surface area contributed by atoms with E-state index in [1.807, 2.05) is 12.2 Å². The van der Waals surface area contributed by atoms with Gasteiger partial charge in [0.15, 0.2) is 6.23 Å². The van der Waals surface area contributed by atoms with Crippen molar-refractivity contribution in [3.05, 3.63) is 12.2 Å². The van der Waals surface area contributed by atoms with Gasteiger partial charge < -0.3 is 19.1 Å². The second-order valence-electron chi connectivity index (χ2n) is 5.66. The zero-order valence-corrected chi connectivity index (χ0v) is 11.3. The first-order chi connectivity index (χ1) is 9.69. The van der Waals surface area contributed by atoms with Crippen LogP contribution in [0.2, 0.25) is 0 Å². The second-order valence-corrected chi connectivity index (χ2v) is 5.66. The number of hydrogen-bond donors (Lipinski definition) is 0. The van der Waals surface area contributed by atoms with E-state index in [0.29, 0.717) is 19.8 Å². The summed E-state index contributed by atoms with van der Waals surface area (Å²) in [7, 11) is 0. The Hall–Kier alpha value is -1.40. The lowest BCUT2D eigenvalue weighted by Crippen LogP contribution is -2.49. The van der Waals surface area contributed by atoms with Crippen LogP contribution in [0.5, 0.6) is 0 Å². The SMILES string of the molecule is CCOC(=O)[C@H]1[C@H]2C(=O)N3CCCO[C@H]3[C@]23C=C[C@H]1O3. The first-order valence-corrected chi connectivity index (χ1v) is 7.15. The van der Waals surface area contributed by atoms with E-state index in [1.54, 1.807) is 11.8 Å². The number of carbonyl (C=O) groups excluding carboxylic acids is 2. The summed E-state index contributed by atoms with van der Waals surface area (Å²) in [5.74, 6) is -1.43. The zero-order valence-electron chi connectivity index (χ0n) is 11.3. The predicted octanol–water partition coefficient (Wildman–Crippen LogP) is 0.0779. The molecule has 0 N–H and O–H groups in total. The van der Waals surface area contributed by atoms with E-state index in [-0.39, 0.29) is 18.0 Å². The van der Waals surface area contributed by atoms with Gasteiger partial charge in [-0.1, -0.05) is 6.08 Å². The van der Waals surface area contributed by atoms with Crippen LogP contribution in [-0.4, -0.2) is 54.5 Å². The summed E-state index contributed by atoms with van der Waals surface area (Å²) in [5.41, 5.74) is -0.792. The van der Waals surface area contributed by atoms with Crippen LogP contribution in [0.15, 0.2) is 12.2 Å². The predicted molar refractivity (Wildman–Crippen MR) is 66.4 cm³/mol. The van der Waals surface area contributed by atoms with Gasteiger partial charge in [0.25, 0.3) is 0 Å². The standard InChI is InChI=1S/C14H17NO5/c1-2-18-12(17)9-8-4-5-14(20-8)10(9)11(16)15-6-3-7-19-13(14)15/h4-5,8-10,13H,2-3,6-7H2,1H3/t8-,9-,10+,13+,14+/m1/s1. The number of carbonyl (C=O) groups is 2. The molecular weight excluding hydrogens is 262 g/mol. The van der Waals surface area contributed by atoms with Crippen LogP contribution < -0.4 is 0 Å². The van der Waals surface area contributed by atoms with Crippen LogP contribution in [0, 0.1) is 11.8 Å². The molecule has 108 valence electrons. The maximum Gasteiger partial charge on any atom is 0.312 e. The Labute approximate surface area is 116 Å². The van der Waals surface area contributed by atoms with E-state index in [2.05, 4.69) is 0 Å². The number of nitrogens with zero attached hydrogens (tertiary/aromatic N) is 1. The van der Waals surface area contributed by atoms with Gasteiger partial charge in [-0.3, -0.25) is 9.59 Å². The highest BCUT2D eigenvalue weighted by atomic mass is 16.6. The van der Waals surface area contributed by atoms with Crippen molar-refractivity contribution in [3.8, 4) is 0 Å². The molecule has 6 nitrogen and oxygen atoms in total. The van der Waals surface area contributed by atoms with Gasteiger partial charge in [0.2, 0.25) is 5.91 Å². The van der Waals surface area contributed by atoms with Gasteiger partial charge in [-0.25, -0.2) is 0 Å². The lowest BCUT2D eigenvalue weighted by Gasteiger charge is -2.36. The van der Waals surface area contributed by atoms with Gasteiger partial charge in [0.1, 0.15) is 11.5 Å². The maximum atomic E-state index is 12.6. The molecule has 0 unspecified atom stereocenters. The number of esters is 1. The fraction of sp³-hybridized carbons (Fsp3) is 0.714. The molecule has 0 aromatic rings. The lowest BCUT2D eigenvalue weighted by molar-refractivity contribution is -0.168. The summed E-state index contributed by atoms with van der Waals surface area (Å²) >= 11 is 0. The number of hydrogen-bond acceptors (Lipinski definition) is 5. The molecule has 20 heavy (non-hydrogen) atoms. The topological polar surface area (TPSA) is 65.1 Å². The Balaban J connectivity index is 1.73. The number of fused-ring (bicyclic) bond motifs is 2. The Morgan fingerprint density at radius 1 is 1.60 bits per heavy atom. The molecule has 2 bridgehead atoms. The monoisotopic (exact) mass is 279 g/mol. The van der Waals surface area contributed by atoms with Gasteiger partial charge in [-0.15, -0.1) is 0 Å². The Bertz CT molecular complexity index is 504. The van der Waals surface area contributed by atoms with Crippen molar-refractivity contribution >= 4 is 11.9 Å². The average Bonchev–Trinajstić information content (AvgIpc) is 3.09. The highest BCUT2D eigenvalue weighted by Crippen LogP contribution is 2.55. The first-order valence-electron chi connectivity index (χ1n) is 7.15. The highest BCUT2D eigenvalue weighted by Gasteiger charge is 2.72. The van der Waals surface area contributed by atoms with Gasteiger partial charge >= 0.3 is 5.97 Å². The van der Waals surface area contributed by atoms with E-state index < -0.39 is 23.7 Å². The van der Waals surface area contributed by atoms with Gasteiger partial charge in [-0.05, 0) is 19.4 Å². The van der Waals surface area contributed by atoms with Crippen LogP contribution in [0.4, 0.5) is 0 Å².